The Kier molecular flexibility index (Phi) is 7.98. The largest absolute Gasteiger partial charge is 0.479 e. The number of thioether (sulfide) groups is 1. The van der Waals surface area contributed by atoms with Crippen LogP contribution in [0.5, 0.6) is 5.75 Å². The second-order valence-electron chi connectivity index (χ2n) is 6.44. The van der Waals surface area contributed by atoms with E-state index in [0.29, 0.717) is 36.3 Å². The predicted octanol–water partition coefficient (Wildman–Crippen LogP) is 2.55. The van der Waals surface area contributed by atoms with E-state index < -0.39 is 17.1 Å². The Bertz CT molecular complexity index is 926. The number of ether oxygens (including phenoxy) is 3. The third-order valence-electron chi connectivity index (χ3n) is 4.41. The Morgan fingerprint density at radius 1 is 1.29 bits per heavy atom. The molecule has 2 aliphatic heterocycles. The summed E-state index contributed by atoms with van der Waals surface area (Å²) < 4.78 is 15.5. The maximum absolute atomic E-state index is 12.7. The molecule has 0 radical (unpaired) electrons. The lowest BCUT2D eigenvalue weighted by Gasteiger charge is -2.28. The molecule has 0 atom stereocenters. The van der Waals surface area contributed by atoms with E-state index in [-0.39, 0.29) is 34.7 Å². The van der Waals surface area contributed by atoms with Gasteiger partial charge in [-0.15, -0.1) is 0 Å². The summed E-state index contributed by atoms with van der Waals surface area (Å²) in [5.74, 6) is -1.17. The van der Waals surface area contributed by atoms with Gasteiger partial charge in [-0.3, -0.25) is 19.3 Å². The minimum absolute atomic E-state index is 0.172. The molecule has 3 rings (SSSR count). The molecule has 0 aliphatic carbocycles. The number of hydrogen-bond acceptors (Lipinski definition) is 8. The van der Waals surface area contributed by atoms with Crippen LogP contribution in [0.1, 0.15) is 5.56 Å². The van der Waals surface area contributed by atoms with Gasteiger partial charge in [0.2, 0.25) is 5.91 Å². The zero-order valence-corrected chi connectivity index (χ0v) is 19.5. The summed E-state index contributed by atoms with van der Waals surface area (Å²) >= 11 is 10.3. The normalized spacial score (nSPS) is 18.0. The summed E-state index contributed by atoms with van der Waals surface area (Å²) in [4.78, 5) is 51.3. The lowest BCUT2D eigenvalue weighted by molar-refractivity contribution is -0.143. The highest BCUT2D eigenvalue weighted by Gasteiger charge is 2.37. The van der Waals surface area contributed by atoms with Crippen LogP contribution in [0.4, 0.5) is 4.79 Å². The lowest BCUT2D eigenvalue weighted by Crippen LogP contribution is -2.46. The number of morpholine rings is 1. The van der Waals surface area contributed by atoms with Gasteiger partial charge in [-0.25, -0.2) is 4.79 Å². The quantitative estimate of drug-likeness (QED) is 0.406. The molecule has 1 aromatic rings. The average Bonchev–Trinajstić information content (AvgIpc) is 3.00. The Morgan fingerprint density at radius 3 is 2.65 bits per heavy atom. The van der Waals surface area contributed by atoms with E-state index in [9.17, 15) is 19.2 Å². The van der Waals surface area contributed by atoms with Crippen molar-refractivity contribution in [3.8, 4) is 5.75 Å². The number of esters is 1. The van der Waals surface area contributed by atoms with E-state index in [2.05, 4.69) is 20.7 Å². The summed E-state index contributed by atoms with van der Waals surface area (Å²) in [6.07, 6.45) is 1.50. The van der Waals surface area contributed by atoms with Crippen molar-refractivity contribution in [3.05, 3.63) is 32.1 Å². The number of amides is 3. The molecule has 2 saturated heterocycles. The molecule has 2 heterocycles. The van der Waals surface area contributed by atoms with Crippen molar-refractivity contribution in [2.45, 2.75) is 0 Å². The highest BCUT2D eigenvalue weighted by Crippen LogP contribution is 2.37. The molecule has 1 aromatic carbocycles. The number of methoxy groups -OCH3 is 1. The molecule has 12 heteroatoms. The van der Waals surface area contributed by atoms with E-state index in [1.54, 1.807) is 11.0 Å². The molecule has 31 heavy (non-hydrogen) atoms. The van der Waals surface area contributed by atoms with Gasteiger partial charge in [0.15, 0.2) is 12.4 Å². The molecule has 2 fully saturated rings. The smallest absolute Gasteiger partial charge is 0.343 e. The molecular formula is C19H18BrClN2O7S. The standard InChI is InChI=1S/C19H18BrClN2O7S/c1-28-16(25)10-30-17-12(20)6-11(7-13(17)21)8-14-18(26)23(19(27)31-14)9-15(24)22-2-4-29-5-3-22/h6-8H,2-5,9-10H2,1H3/b14-8+. The van der Waals surface area contributed by atoms with E-state index in [0.717, 1.165) is 16.7 Å². The molecule has 0 aromatic heterocycles. The van der Waals surface area contributed by atoms with Gasteiger partial charge in [-0.05, 0) is 51.5 Å². The first-order valence-corrected chi connectivity index (χ1v) is 11.1. The topological polar surface area (TPSA) is 102 Å². The first-order valence-electron chi connectivity index (χ1n) is 9.09. The Balaban J connectivity index is 1.71. The highest BCUT2D eigenvalue weighted by molar-refractivity contribution is 9.10. The van der Waals surface area contributed by atoms with Crippen LogP contribution in [-0.2, 0) is 23.9 Å². The predicted molar refractivity (Wildman–Crippen MR) is 117 cm³/mol. The van der Waals surface area contributed by atoms with Crippen LogP contribution in [0.3, 0.4) is 0 Å². The van der Waals surface area contributed by atoms with Crippen molar-refractivity contribution in [1.29, 1.82) is 0 Å². The van der Waals surface area contributed by atoms with Gasteiger partial charge in [0.1, 0.15) is 6.54 Å². The second-order valence-corrected chi connectivity index (χ2v) is 8.69. The van der Waals surface area contributed by atoms with Gasteiger partial charge in [-0.2, -0.15) is 0 Å². The van der Waals surface area contributed by atoms with Gasteiger partial charge < -0.3 is 19.1 Å². The van der Waals surface area contributed by atoms with E-state index >= 15 is 0 Å². The van der Waals surface area contributed by atoms with E-state index in [1.807, 2.05) is 0 Å². The summed E-state index contributed by atoms with van der Waals surface area (Å²) in [6, 6.07) is 3.16. The first kappa shape index (κ1) is 23.6. The summed E-state index contributed by atoms with van der Waals surface area (Å²) in [6.45, 7) is 1.10. The lowest BCUT2D eigenvalue weighted by atomic mass is 10.2. The average molecular weight is 534 g/mol. The zero-order chi connectivity index (χ0) is 22.5. The van der Waals surface area contributed by atoms with Gasteiger partial charge >= 0.3 is 5.97 Å². The molecule has 2 aliphatic rings. The maximum Gasteiger partial charge on any atom is 0.343 e. The van der Waals surface area contributed by atoms with Gasteiger partial charge in [-0.1, -0.05) is 11.6 Å². The molecule has 3 amide bonds. The molecule has 0 spiro atoms. The second kappa shape index (κ2) is 10.5. The molecule has 0 saturated carbocycles. The number of nitrogens with zero attached hydrogens (tertiary/aromatic N) is 2. The molecule has 0 bridgehead atoms. The van der Waals surface area contributed by atoms with Crippen LogP contribution in [0.2, 0.25) is 5.02 Å². The van der Waals surface area contributed by atoms with Crippen molar-refractivity contribution < 1.29 is 33.4 Å². The number of rotatable bonds is 6. The summed E-state index contributed by atoms with van der Waals surface area (Å²) in [5, 5.41) is -0.313. The Morgan fingerprint density at radius 2 is 2.00 bits per heavy atom. The third-order valence-corrected chi connectivity index (χ3v) is 6.19. The van der Waals surface area contributed by atoms with Crippen molar-refractivity contribution in [3.63, 3.8) is 0 Å². The molecular weight excluding hydrogens is 516 g/mol. The van der Waals surface area contributed by atoms with Crippen LogP contribution in [0.25, 0.3) is 6.08 Å². The van der Waals surface area contributed by atoms with Crippen LogP contribution in [0.15, 0.2) is 21.5 Å². The van der Waals surface area contributed by atoms with Crippen molar-refractivity contribution in [1.82, 2.24) is 9.80 Å². The van der Waals surface area contributed by atoms with Crippen LogP contribution >= 0.6 is 39.3 Å². The summed E-state index contributed by atoms with van der Waals surface area (Å²) in [7, 11) is 1.24. The van der Waals surface area contributed by atoms with Gasteiger partial charge in [0, 0.05) is 13.1 Å². The number of halogens is 2. The van der Waals surface area contributed by atoms with E-state index in [4.69, 9.17) is 21.1 Å². The number of carbonyl (C=O) groups is 4. The Labute approximate surface area is 195 Å². The third kappa shape index (κ3) is 5.79. The number of carbonyl (C=O) groups excluding carboxylic acids is 4. The Hall–Kier alpha value is -2.08. The molecule has 166 valence electrons. The number of hydrogen-bond donors (Lipinski definition) is 0. The SMILES string of the molecule is COC(=O)COc1c(Cl)cc(/C=C2/SC(=O)N(CC(=O)N3CCOCC3)C2=O)cc1Br. The minimum atomic E-state index is -0.563. The number of imide groups is 1. The van der Waals surface area contributed by atoms with Crippen LogP contribution < -0.4 is 4.74 Å². The van der Waals surface area contributed by atoms with Gasteiger partial charge in [0.25, 0.3) is 11.1 Å². The molecule has 9 nitrogen and oxygen atoms in total. The van der Waals surface area contributed by atoms with Gasteiger partial charge in [0.05, 0.1) is 34.7 Å². The van der Waals surface area contributed by atoms with Crippen molar-refractivity contribution in [2.24, 2.45) is 0 Å². The fourth-order valence-corrected chi connectivity index (χ4v) is 4.65. The zero-order valence-electron chi connectivity index (χ0n) is 16.4. The monoisotopic (exact) mass is 532 g/mol. The highest BCUT2D eigenvalue weighted by atomic mass is 79.9. The fraction of sp³-hybridized carbons (Fsp3) is 0.368. The molecule has 0 unspecified atom stereocenters. The van der Waals surface area contributed by atoms with Crippen molar-refractivity contribution >= 4 is 68.4 Å². The first-order chi connectivity index (χ1) is 14.8. The maximum atomic E-state index is 12.7. The van der Waals surface area contributed by atoms with Crippen LogP contribution in [-0.4, -0.2) is 79.4 Å². The van der Waals surface area contributed by atoms with E-state index in [1.165, 1.54) is 19.3 Å². The number of benzene rings is 1. The fourth-order valence-electron chi connectivity index (χ4n) is 2.83. The van der Waals surface area contributed by atoms with Crippen molar-refractivity contribution in [2.75, 3.05) is 46.6 Å². The molecule has 0 N–H and O–H groups in total. The minimum Gasteiger partial charge on any atom is -0.479 e. The van der Waals surface area contributed by atoms with Crippen LogP contribution in [0, 0.1) is 0 Å². The summed E-state index contributed by atoms with van der Waals surface area (Å²) in [5.41, 5.74) is 0.535.